The van der Waals surface area contributed by atoms with Gasteiger partial charge in [0.25, 0.3) is 0 Å². The zero-order chi connectivity index (χ0) is 8.97. The molecule has 12 heavy (non-hydrogen) atoms. The lowest BCUT2D eigenvalue weighted by Crippen LogP contribution is -2.07. The van der Waals surface area contributed by atoms with Crippen LogP contribution < -0.4 is 5.73 Å². The number of nitrogen functional groups attached to an aromatic ring is 1. The second-order valence-corrected chi connectivity index (χ2v) is 2.61. The predicted octanol–water partition coefficient (Wildman–Crippen LogP) is 1.12. The highest BCUT2D eigenvalue weighted by Gasteiger charge is 1.99. The van der Waals surface area contributed by atoms with Crippen LogP contribution in [0.1, 0.15) is 12.5 Å². The number of rotatable bonds is 3. The molecule has 1 unspecified atom stereocenters. The molecule has 1 rings (SSSR count). The van der Waals surface area contributed by atoms with E-state index in [9.17, 15) is 0 Å². The smallest absolute Gasteiger partial charge is 0.152 e. The molecule has 0 spiro atoms. The van der Waals surface area contributed by atoms with Gasteiger partial charge in [0, 0.05) is 11.3 Å². The van der Waals surface area contributed by atoms with Crippen molar-refractivity contribution in [3.8, 4) is 0 Å². The van der Waals surface area contributed by atoms with Crippen LogP contribution in [0.3, 0.4) is 0 Å². The zero-order valence-electron chi connectivity index (χ0n) is 7.03. The normalized spacial score (nSPS) is 12.8. The maximum Gasteiger partial charge on any atom is 0.152 e. The first-order valence-corrected chi connectivity index (χ1v) is 3.83. The SMILES string of the molecule is CC(O)OCc1ccccc1N. The highest BCUT2D eigenvalue weighted by molar-refractivity contribution is 5.45. The van der Waals surface area contributed by atoms with Crippen molar-refractivity contribution in [3.05, 3.63) is 29.8 Å². The maximum absolute atomic E-state index is 8.84. The van der Waals surface area contributed by atoms with Gasteiger partial charge in [0.1, 0.15) is 0 Å². The third-order valence-electron chi connectivity index (χ3n) is 1.54. The van der Waals surface area contributed by atoms with E-state index in [1.54, 1.807) is 13.0 Å². The highest BCUT2D eigenvalue weighted by atomic mass is 16.6. The number of hydrogen-bond donors (Lipinski definition) is 2. The lowest BCUT2D eigenvalue weighted by molar-refractivity contribution is -0.0937. The van der Waals surface area contributed by atoms with Gasteiger partial charge in [-0.1, -0.05) is 18.2 Å². The van der Waals surface area contributed by atoms with Crippen LogP contribution in [0.2, 0.25) is 0 Å². The fraction of sp³-hybridized carbons (Fsp3) is 0.333. The van der Waals surface area contributed by atoms with Gasteiger partial charge in [0.05, 0.1) is 6.61 Å². The van der Waals surface area contributed by atoms with Crippen molar-refractivity contribution in [2.75, 3.05) is 5.73 Å². The molecule has 66 valence electrons. The monoisotopic (exact) mass is 167 g/mol. The van der Waals surface area contributed by atoms with Crippen molar-refractivity contribution in [1.29, 1.82) is 0 Å². The zero-order valence-corrected chi connectivity index (χ0v) is 7.03. The van der Waals surface area contributed by atoms with E-state index in [4.69, 9.17) is 15.6 Å². The van der Waals surface area contributed by atoms with Crippen LogP contribution in [0.15, 0.2) is 24.3 Å². The summed E-state index contributed by atoms with van der Waals surface area (Å²) in [4.78, 5) is 0. The lowest BCUT2D eigenvalue weighted by atomic mass is 10.2. The second-order valence-electron chi connectivity index (χ2n) is 2.61. The summed E-state index contributed by atoms with van der Waals surface area (Å²) in [5.74, 6) is 0. The summed E-state index contributed by atoms with van der Waals surface area (Å²) in [5, 5.41) is 8.84. The summed E-state index contributed by atoms with van der Waals surface area (Å²) >= 11 is 0. The standard InChI is InChI=1S/C9H13NO2/c1-7(11)12-6-8-4-2-3-5-9(8)10/h2-5,7,11H,6,10H2,1H3. The Balaban J connectivity index is 2.57. The quantitative estimate of drug-likeness (QED) is 0.524. The van der Waals surface area contributed by atoms with Crippen LogP contribution in [0.4, 0.5) is 5.69 Å². The molecule has 0 aliphatic heterocycles. The molecule has 3 heteroatoms. The number of benzene rings is 1. The molecule has 0 radical (unpaired) electrons. The van der Waals surface area contributed by atoms with Crippen LogP contribution in [0.5, 0.6) is 0 Å². The number of nitrogens with two attached hydrogens (primary N) is 1. The number of hydrogen-bond acceptors (Lipinski definition) is 3. The van der Waals surface area contributed by atoms with Crippen LogP contribution in [-0.2, 0) is 11.3 Å². The molecule has 0 aliphatic rings. The van der Waals surface area contributed by atoms with E-state index in [2.05, 4.69) is 0 Å². The van der Waals surface area contributed by atoms with Crippen molar-refractivity contribution >= 4 is 5.69 Å². The number of para-hydroxylation sites is 1. The third kappa shape index (κ3) is 2.53. The molecule has 0 amide bonds. The van der Waals surface area contributed by atoms with Crippen LogP contribution in [-0.4, -0.2) is 11.4 Å². The minimum Gasteiger partial charge on any atom is -0.398 e. The molecule has 0 heterocycles. The molecular formula is C9H13NO2. The van der Waals surface area contributed by atoms with E-state index in [0.29, 0.717) is 12.3 Å². The average Bonchev–Trinajstić information content (AvgIpc) is 2.03. The van der Waals surface area contributed by atoms with Crippen molar-refractivity contribution < 1.29 is 9.84 Å². The first-order valence-electron chi connectivity index (χ1n) is 3.83. The number of aliphatic hydroxyl groups excluding tert-OH is 1. The molecule has 0 aromatic heterocycles. The maximum atomic E-state index is 8.84. The largest absolute Gasteiger partial charge is 0.398 e. The fourth-order valence-electron chi connectivity index (χ4n) is 0.876. The molecule has 1 aromatic carbocycles. The Morgan fingerprint density at radius 1 is 1.50 bits per heavy atom. The summed E-state index contributed by atoms with van der Waals surface area (Å²) in [6.45, 7) is 1.92. The van der Waals surface area contributed by atoms with Gasteiger partial charge in [-0.3, -0.25) is 0 Å². The van der Waals surface area contributed by atoms with Gasteiger partial charge in [-0.05, 0) is 13.0 Å². The summed E-state index contributed by atoms with van der Waals surface area (Å²) in [7, 11) is 0. The van der Waals surface area contributed by atoms with Crippen molar-refractivity contribution in [2.45, 2.75) is 19.8 Å². The molecule has 0 bridgehead atoms. The van der Waals surface area contributed by atoms with E-state index in [1.165, 1.54) is 0 Å². The molecule has 0 saturated heterocycles. The lowest BCUT2D eigenvalue weighted by Gasteiger charge is -2.08. The molecule has 3 N–H and O–H groups in total. The van der Waals surface area contributed by atoms with Gasteiger partial charge in [0.2, 0.25) is 0 Å². The second kappa shape index (κ2) is 4.09. The fourth-order valence-corrected chi connectivity index (χ4v) is 0.876. The topological polar surface area (TPSA) is 55.5 Å². The van der Waals surface area contributed by atoms with Crippen molar-refractivity contribution in [3.63, 3.8) is 0 Å². The van der Waals surface area contributed by atoms with E-state index < -0.39 is 6.29 Å². The highest BCUT2D eigenvalue weighted by Crippen LogP contribution is 2.11. The van der Waals surface area contributed by atoms with E-state index in [0.717, 1.165) is 5.56 Å². The summed E-state index contributed by atoms with van der Waals surface area (Å²) < 4.78 is 4.98. The van der Waals surface area contributed by atoms with Gasteiger partial charge >= 0.3 is 0 Å². The molecule has 0 saturated carbocycles. The first kappa shape index (κ1) is 9.03. The van der Waals surface area contributed by atoms with E-state index >= 15 is 0 Å². The van der Waals surface area contributed by atoms with Crippen LogP contribution in [0, 0.1) is 0 Å². The van der Waals surface area contributed by atoms with E-state index in [1.807, 2.05) is 18.2 Å². The van der Waals surface area contributed by atoms with Gasteiger partial charge in [-0.15, -0.1) is 0 Å². The molecule has 0 aliphatic carbocycles. The Kier molecular flexibility index (Phi) is 3.08. The Hall–Kier alpha value is -1.06. The van der Waals surface area contributed by atoms with Gasteiger partial charge in [-0.2, -0.15) is 0 Å². The molecule has 0 fully saturated rings. The summed E-state index contributed by atoms with van der Waals surface area (Å²) in [6, 6.07) is 7.43. The third-order valence-corrected chi connectivity index (χ3v) is 1.54. The number of anilines is 1. The minimum absolute atomic E-state index is 0.352. The Bertz CT molecular complexity index is 248. The Morgan fingerprint density at radius 3 is 2.75 bits per heavy atom. The van der Waals surface area contributed by atoms with Crippen molar-refractivity contribution in [1.82, 2.24) is 0 Å². The molecule has 1 aromatic rings. The average molecular weight is 167 g/mol. The molecule has 3 nitrogen and oxygen atoms in total. The van der Waals surface area contributed by atoms with E-state index in [-0.39, 0.29) is 0 Å². The minimum atomic E-state index is -0.746. The van der Waals surface area contributed by atoms with Gasteiger partial charge < -0.3 is 15.6 Å². The first-order chi connectivity index (χ1) is 5.70. The molecule has 1 atom stereocenters. The number of aliphatic hydroxyl groups is 1. The van der Waals surface area contributed by atoms with Gasteiger partial charge in [0.15, 0.2) is 6.29 Å². The predicted molar refractivity (Wildman–Crippen MR) is 47.3 cm³/mol. The van der Waals surface area contributed by atoms with Crippen LogP contribution >= 0.6 is 0 Å². The number of ether oxygens (including phenoxy) is 1. The Labute approximate surface area is 71.8 Å². The summed E-state index contributed by atoms with van der Waals surface area (Å²) in [5.41, 5.74) is 7.24. The van der Waals surface area contributed by atoms with Crippen LogP contribution in [0.25, 0.3) is 0 Å². The molecular weight excluding hydrogens is 154 g/mol. The summed E-state index contributed by atoms with van der Waals surface area (Å²) in [6.07, 6.45) is -0.746. The Morgan fingerprint density at radius 2 is 2.17 bits per heavy atom. The van der Waals surface area contributed by atoms with Gasteiger partial charge in [-0.25, -0.2) is 0 Å². The van der Waals surface area contributed by atoms with Crippen molar-refractivity contribution in [2.24, 2.45) is 0 Å².